The van der Waals surface area contributed by atoms with Crippen LogP contribution < -0.4 is 5.43 Å². The molecule has 1 heterocycles. The molecule has 2 N–H and O–H groups in total. The standard InChI is InChI=1S/C23H27N3O3/c27-21-12-7-6-11-19(21)20(15-14-18-9-3-1-4-10-18)24-25-22(28)17-26-16-8-2-5-13-23(26)29/h1,3-4,6-7,9-12,27H,2,5,8,13-17H2,(H,25,28)/b24-20+. The van der Waals surface area contributed by atoms with E-state index in [0.717, 1.165) is 31.2 Å². The van der Waals surface area contributed by atoms with Crippen molar-refractivity contribution >= 4 is 17.5 Å². The average Bonchev–Trinajstić information content (AvgIpc) is 2.94. The number of hydrogen-bond donors (Lipinski definition) is 2. The second-order valence-electron chi connectivity index (χ2n) is 7.22. The molecular weight excluding hydrogens is 366 g/mol. The first-order chi connectivity index (χ1) is 14.1. The van der Waals surface area contributed by atoms with Crippen LogP contribution in [0.3, 0.4) is 0 Å². The molecule has 0 saturated carbocycles. The quantitative estimate of drug-likeness (QED) is 0.560. The van der Waals surface area contributed by atoms with Crippen molar-refractivity contribution in [1.82, 2.24) is 10.3 Å². The van der Waals surface area contributed by atoms with Crippen molar-refractivity contribution in [2.75, 3.05) is 13.1 Å². The molecule has 0 spiro atoms. The minimum atomic E-state index is -0.326. The van der Waals surface area contributed by atoms with E-state index in [9.17, 15) is 14.7 Å². The van der Waals surface area contributed by atoms with Gasteiger partial charge in [-0.15, -0.1) is 0 Å². The van der Waals surface area contributed by atoms with Gasteiger partial charge >= 0.3 is 0 Å². The Morgan fingerprint density at radius 1 is 1.03 bits per heavy atom. The molecule has 1 fully saturated rings. The van der Waals surface area contributed by atoms with Gasteiger partial charge in [-0.3, -0.25) is 9.59 Å². The van der Waals surface area contributed by atoms with Crippen LogP contribution in [-0.2, 0) is 16.0 Å². The van der Waals surface area contributed by atoms with Crippen LogP contribution in [0.2, 0.25) is 0 Å². The van der Waals surface area contributed by atoms with Crippen LogP contribution in [0.1, 0.15) is 43.2 Å². The number of amides is 2. The Labute approximate surface area is 171 Å². The second-order valence-corrected chi connectivity index (χ2v) is 7.22. The normalized spacial score (nSPS) is 15.1. The molecule has 152 valence electrons. The van der Waals surface area contributed by atoms with Crippen LogP contribution >= 0.6 is 0 Å². The lowest BCUT2D eigenvalue weighted by atomic mass is 10.0. The second kappa shape index (κ2) is 10.4. The predicted octanol–water partition coefficient (Wildman–Crippen LogP) is 3.25. The topological polar surface area (TPSA) is 82.0 Å². The molecule has 6 nitrogen and oxygen atoms in total. The number of hydrazone groups is 1. The number of hydrogen-bond acceptors (Lipinski definition) is 4. The fourth-order valence-electron chi connectivity index (χ4n) is 3.42. The lowest BCUT2D eigenvalue weighted by molar-refractivity contribution is -0.135. The van der Waals surface area contributed by atoms with Gasteiger partial charge in [0.1, 0.15) is 12.3 Å². The van der Waals surface area contributed by atoms with Crippen LogP contribution in [0.4, 0.5) is 0 Å². The van der Waals surface area contributed by atoms with Crippen molar-refractivity contribution in [2.45, 2.75) is 38.5 Å². The molecule has 1 aliphatic rings. The Bertz CT molecular complexity index is 865. The highest BCUT2D eigenvalue weighted by atomic mass is 16.3. The number of benzene rings is 2. The molecule has 6 heteroatoms. The molecule has 2 aromatic rings. The lowest BCUT2D eigenvalue weighted by Gasteiger charge is -2.19. The van der Waals surface area contributed by atoms with Crippen LogP contribution in [0.25, 0.3) is 0 Å². The molecule has 0 bridgehead atoms. The summed E-state index contributed by atoms with van der Waals surface area (Å²) in [5.41, 5.74) is 4.92. The van der Waals surface area contributed by atoms with E-state index in [-0.39, 0.29) is 24.1 Å². The van der Waals surface area contributed by atoms with Gasteiger partial charge in [0.2, 0.25) is 5.91 Å². The number of nitrogens with one attached hydrogen (secondary N) is 1. The molecule has 1 aliphatic heterocycles. The summed E-state index contributed by atoms with van der Waals surface area (Å²) in [6.07, 6.45) is 4.60. The maximum atomic E-state index is 12.4. The Kier molecular flexibility index (Phi) is 7.39. The summed E-state index contributed by atoms with van der Waals surface area (Å²) in [4.78, 5) is 26.1. The summed E-state index contributed by atoms with van der Waals surface area (Å²) in [5, 5.41) is 14.5. The Morgan fingerprint density at radius 2 is 1.79 bits per heavy atom. The maximum Gasteiger partial charge on any atom is 0.259 e. The van der Waals surface area contributed by atoms with Gasteiger partial charge in [0.05, 0.1) is 5.71 Å². The third-order valence-electron chi connectivity index (χ3n) is 5.03. The number of para-hydroxylation sites is 1. The molecule has 2 aromatic carbocycles. The van der Waals surface area contributed by atoms with Gasteiger partial charge in [0.15, 0.2) is 0 Å². The van der Waals surface area contributed by atoms with Crippen LogP contribution in [-0.4, -0.2) is 40.6 Å². The fourth-order valence-corrected chi connectivity index (χ4v) is 3.42. The van der Waals surface area contributed by atoms with Crippen molar-refractivity contribution in [1.29, 1.82) is 0 Å². The molecule has 0 unspecified atom stereocenters. The highest BCUT2D eigenvalue weighted by Gasteiger charge is 2.19. The van der Waals surface area contributed by atoms with Gasteiger partial charge in [-0.1, -0.05) is 48.9 Å². The zero-order valence-electron chi connectivity index (χ0n) is 16.5. The Hall–Kier alpha value is -3.15. The van der Waals surface area contributed by atoms with E-state index in [1.165, 1.54) is 0 Å². The summed E-state index contributed by atoms with van der Waals surface area (Å²) in [7, 11) is 0. The molecule has 3 rings (SSSR count). The molecule has 0 aromatic heterocycles. The van der Waals surface area contributed by atoms with E-state index in [0.29, 0.717) is 30.7 Å². The molecule has 0 radical (unpaired) electrons. The number of phenols is 1. The highest BCUT2D eigenvalue weighted by Crippen LogP contribution is 2.19. The van der Waals surface area contributed by atoms with E-state index in [4.69, 9.17) is 0 Å². The zero-order valence-corrected chi connectivity index (χ0v) is 16.5. The molecule has 29 heavy (non-hydrogen) atoms. The smallest absolute Gasteiger partial charge is 0.259 e. The van der Waals surface area contributed by atoms with E-state index >= 15 is 0 Å². The van der Waals surface area contributed by atoms with Crippen molar-refractivity contribution in [3.63, 3.8) is 0 Å². The van der Waals surface area contributed by atoms with Gasteiger partial charge in [0.25, 0.3) is 5.91 Å². The third kappa shape index (κ3) is 6.17. The molecule has 0 aliphatic carbocycles. The van der Waals surface area contributed by atoms with Crippen molar-refractivity contribution < 1.29 is 14.7 Å². The summed E-state index contributed by atoms with van der Waals surface area (Å²) in [6, 6.07) is 16.9. The predicted molar refractivity (Wildman–Crippen MR) is 113 cm³/mol. The number of nitrogens with zero attached hydrogens (tertiary/aromatic N) is 2. The molecule has 2 amide bonds. The summed E-state index contributed by atoms with van der Waals surface area (Å²) >= 11 is 0. The number of rotatable bonds is 7. The number of carbonyl (C=O) groups excluding carboxylic acids is 2. The Morgan fingerprint density at radius 3 is 2.59 bits per heavy atom. The number of aromatic hydroxyl groups is 1. The number of aryl methyl sites for hydroxylation is 1. The molecule has 0 atom stereocenters. The van der Waals surface area contributed by atoms with Crippen LogP contribution in [0, 0.1) is 0 Å². The van der Waals surface area contributed by atoms with Gasteiger partial charge in [-0.25, -0.2) is 5.43 Å². The third-order valence-corrected chi connectivity index (χ3v) is 5.03. The number of carbonyl (C=O) groups is 2. The largest absolute Gasteiger partial charge is 0.507 e. The first-order valence-electron chi connectivity index (χ1n) is 10.1. The molecular formula is C23H27N3O3. The van der Waals surface area contributed by atoms with E-state index < -0.39 is 0 Å². The average molecular weight is 393 g/mol. The highest BCUT2D eigenvalue weighted by molar-refractivity contribution is 6.03. The molecule has 1 saturated heterocycles. The van der Waals surface area contributed by atoms with Gasteiger partial charge < -0.3 is 10.0 Å². The first-order valence-corrected chi connectivity index (χ1v) is 10.1. The van der Waals surface area contributed by atoms with Crippen LogP contribution in [0.15, 0.2) is 59.7 Å². The SMILES string of the molecule is O=C(CN1CCCCCC1=O)N/N=C(\CCc1ccccc1)c1ccccc1O. The van der Waals surface area contributed by atoms with E-state index in [2.05, 4.69) is 10.5 Å². The van der Waals surface area contributed by atoms with Gasteiger partial charge in [-0.2, -0.15) is 5.10 Å². The fraction of sp³-hybridized carbons (Fsp3) is 0.348. The van der Waals surface area contributed by atoms with Crippen molar-refractivity contribution in [3.05, 3.63) is 65.7 Å². The Balaban J connectivity index is 1.69. The zero-order chi connectivity index (χ0) is 20.5. The summed E-state index contributed by atoms with van der Waals surface area (Å²) in [6.45, 7) is 0.616. The van der Waals surface area contributed by atoms with Gasteiger partial charge in [-0.05, 0) is 43.4 Å². The minimum absolute atomic E-state index is 0.00900. The number of likely N-dealkylation sites (tertiary alicyclic amines) is 1. The first kappa shape index (κ1) is 20.6. The van der Waals surface area contributed by atoms with E-state index in [1.807, 2.05) is 36.4 Å². The lowest BCUT2D eigenvalue weighted by Crippen LogP contribution is -2.39. The minimum Gasteiger partial charge on any atom is -0.507 e. The van der Waals surface area contributed by atoms with Gasteiger partial charge in [0, 0.05) is 18.5 Å². The van der Waals surface area contributed by atoms with Crippen molar-refractivity contribution in [3.8, 4) is 5.75 Å². The monoisotopic (exact) mass is 393 g/mol. The van der Waals surface area contributed by atoms with Crippen molar-refractivity contribution in [2.24, 2.45) is 5.10 Å². The number of phenolic OH excluding ortho intramolecular Hbond substituents is 1. The maximum absolute atomic E-state index is 12.4. The van der Waals surface area contributed by atoms with Crippen LogP contribution in [0.5, 0.6) is 5.75 Å². The summed E-state index contributed by atoms with van der Waals surface area (Å²) in [5.74, 6) is -0.184. The van der Waals surface area contributed by atoms with E-state index in [1.54, 1.807) is 23.1 Å². The summed E-state index contributed by atoms with van der Waals surface area (Å²) < 4.78 is 0.